The molecule has 0 radical (unpaired) electrons. The van der Waals surface area contributed by atoms with Gasteiger partial charge in [0.05, 0.1) is 10.7 Å². The van der Waals surface area contributed by atoms with Gasteiger partial charge in [-0.15, -0.1) is 11.3 Å². The van der Waals surface area contributed by atoms with Gasteiger partial charge in [0.25, 0.3) is 0 Å². The van der Waals surface area contributed by atoms with Crippen molar-refractivity contribution in [2.75, 3.05) is 19.6 Å². The van der Waals surface area contributed by atoms with Crippen LogP contribution in [0.25, 0.3) is 0 Å². The van der Waals surface area contributed by atoms with E-state index in [-0.39, 0.29) is 0 Å². The summed E-state index contributed by atoms with van der Waals surface area (Å²) < 4.78 is 0. The van der Waals surface area contributed by atoms with Crippen LogP contribution in [0.15, 0.2) is 5.38 Å². The SMILES string of the molecule is CC(CN)c1csc(CC2CCNCC2)n1. The van der Waals surface area contributed by atoms with Crippen LogP contribution in [0.1, 0.15) is 36.4 Å². The summed E-state index contributed by atoms with van der Waals surface area (Å²) >= 11 is 1.80. The van der Waals surface area contributed by atoms with E-state index in [4.69, 9.17) is 10.7 Å². The molecule has 0 spiro atoms. The number of hydrogen-bond acceptors (Lipinski definition) is 4. The lowest BCUT2D eigenvalue weighted by molar-refractivity contribution is 0.372. The molecule has 0 aromatic carbocycles. The van der Waals surface area contributed by atoms with Crippen LogP contribution < -0.4 is 11.1 Å². The molecule has 3 N–H and O–H groups in total. The molecule has 16 heavy (non-hydrogen) atoms. The first kappa shape index (κ1) is 12.0. The first-order chi connectivity index (χ1) is 7.79. The summed E-state index contributed by atoms with van der Waals surface area (Å²) in [5.74, 6) is 1.23. The summed E-state index contributed by atoms with van der Waals surface area (Å²) in [5.41, 5.74) is 6.83. The molecule has 1 aromatic rings. The van der Waals surface area contributed by atoms with E-state index < -0.39 is 0 Å². The normalized spacial score (nSPS) is 19.9. The maximum Gasteiger partial charge on any atom is 0.0931 e. The van der Waals surface area contributed by atoms with Gasteiger partial charge in [-0.1, -0.05) is 6.92 Å². The highest BCUT2D eigenvalue weighted by Gasteiger charge is 2.16. The second-order valence-corrected chi connectivity index (χ2v) is 5.64. The Morgan fingerprint density at radius 1 is 1.56 bits per heavy atom. The molecule has 1 aliphatic rings. The van der Waals surface area contributed by atoms with E-state index in [0.29, 0.717) is 12.5 Å². The van der Waals surface area contributed by atoms with Gasteiger partial charge in [0.15, 0.2) is 0 Å². The minimum absolute atomic E-state index is 0.401. The Kier molecular flexibility index (Phi) is 4.32. The predicted molar refractivity (Wildman–Crippen MR) is 68.9 cm³/mol. The Bertz CT molecular complexity index is 318. The fourth-order valence-corrected chi connectivity index (χ4v) is 3.13. The van der Waals surface area contributed by atoms with Crippen LogP contribution >= 0.6 is 11.3 Å². The van der Waals surface area contributed by atoms with E-state index in [1.165, 1.54) is 36.6 Å². The highest BCUT2D eigenvalue weighted by atomic mass is 32.1. The monoisotopic (exact) mass is 239 g/mol. The number of nitrogens with zero attached hydrogens (tertiary/aromatic N) is 1. The molecule has 1 aliphatic heterocycles. The van der Waals surface area contributed by atoms with Crippen molar-refractivity contribution in [2.24, 2.45) is 11.7 Å². The first-order valence-corrected chi connectivity index (χ1v) is 7.02. The molecule has 1 atom stereocenters. The van der Waals surface area contributed by atoms with Gasteiger partial charge in [-0.05, 0) is 31.8 Å². The topological polar surface area (TPSA) is 50.9 Å². The lowest BCUT2D eigenvalue weighted by Crippen LogP contribution is -2.28. The summed E-state index contributed by atoms with van der Waals surface area (Å²) in [5, 5.41) is 6.87. The van der Waals surface area contributed by atoms with E-state index in [2.05, 4.69) is 17.6 Å². The number of nitrogens with two attached hydrogens (primary N) is 1. The fourth-order valence-electron chi connectivity index (χ4n) is 2.10. The Morgan fingerprint density at radius 2 is 2.31 bits per heavy atom. The van der Waals surface area contributed by atoms with Crippen molar-refractivity contribution < 1.29 is 0 Å². The smallest absolute Gasteiger partial charge is 0.0931 e. The van der Waals surface area contributed by atoms with Gasteiger partial charge in [-0.3, -0.25) is 0 Å². The Balaban J connectivity index is 1.91. The zero-order valence-corrected chi connectivity index (χ0v) is 10.7. The molecule has 1 fully saturated rings. The molecule has 2 rings (SSSR count). The van der Waals surface area contributed by atoms with E-state index in [9.17, 15) is 0 Å². The van der Waals surface area contributed by atoms with Gasteiger partial charge in [0, 0.05) is 24.3 Å². The second-order valence-electron chi connectivity index (χ2n) is 4.70. The third-order valence-electron chi connectivity index (χ3n) is 3.35. The minimum atomic E-state index is 0.401. The van der Waals surface area contributed by atoms with Crippen LogP contribution in [0.5, 0.6) is 0 Å². The third kappa shape index (κ3) is 3.03. The summed E-state index contributed by atoms with van der Waals surface area (Å²) in [7, 11) is 0. The maximum atomic E-state index is 5.65. The van der Waals surface area contributed by atoms with Crippen molar-refractivity contribution in [2.45, 2.75) is 32.1 Å². The third-order valence-corrected chi connectivity index (χ3v) is 4.24. The van der Waals surface area contributed by atoms with Gasteiger partial charge in [-0.25, -0.2) is 4.98 Å². The number of thiazole rings is 1. The van der Waals surface area contributed by atoms with Crippen molar-refractivity contribution in [1.82, 2.24) is 10.3 Å². The lowest BCUT2D eigenvalue weighted by atomic mass is 9.95. The molecule has 1 aromatic heterocycles. The quantitative estimate of drug-likeness (QED) is 0.841. The van der Waals surface area contributed by atoms with Crippen molar-refractivity contribution in [3.8, 4) is 0 Å². The molecule has 0 amide bonds. The van der Waals surface area contributed by atoms with E-state index in [1.54, 1.807) is 11.3 Å². The van der Waals surface area contributed by atoms with Gasteiger partial charge < -0.3 is 11.1 Å². The molecule has 2 heterocycles. The molecule has 4 heteroatoms. The van der Waals surface area contributed by atoms with E-state index >= 15 is 0 Å². The number of hydrogen-bond donors (Lipinski definition) is 2. The molecule has 0 bridgehead atoms. The van der Waals surface area contributed by atoms with Gasteiger partial charge in [0.1, 0.15) is 0 Å². The second kappa shape index (κ2) is 5.75. The van der Waals surface area contributed by atoms with Crippen LogP contribution in [-0.2, 0) is 6.42 Å². The number of rotatable bonds is 4. The number of piperidine rings is 1. The number of nitrogens with one attached hydrogen (secondary N) is 1. The van der Waals surface area contributed by atoms with E-state index in [0.717, 1.165) is 12.3 Å². The average Bonchev–Trinajstić information content (AvgIpc) is 2.78. The van der Waals surface area contributed by atoms with Crippen molar-refractivity contribution >= 4 is 11.3 Å². The Morgan fingerprint density at radius 3 is 3.00 bits per heavy atom. The summed E-state index contributed by atoms with van der Waals surface area (Å²) in [6.07, 6.45) is 3.74. The summed E-state index contributed by atoms with van der Waals surface area (Å²) in [6.45, 7) is 5.17. The average molecular weight is 239 g/mol. The molecule has 90 valence electrons. The van der Waals surface area contributed by atoms with Crippen LogP contribution in [0.2, 0.25) is 0 Å². The van der Waals surface area contributed by atoms with Crippen molar-refractivity contribution in [1.29, 1.82) is 0 Å². The predicted octanol–water partition coefficient (Wildman–Crippen LogP) is 1.75. The molecule has 1 unspecified atom stereocenters. The summed E-state index contributed by atoms with van der Waals surface area (Å²) in [6, 6.07) is 0. The van der Waals surface area contributed by atoms with Crippen LogP contribution in [0, 0.1) is 5.92 Å². The van der Waals surface area contributed by atoms with Crippen LogP contribution in [-0.4, -0.2) is 24.6 Å². The van der Waals surface area contributed by atoms with Crippen LogP contribution in [0.3, 0.4) is 0 Å². The molecule has 0 aliphatic carbocycles. The van der Waals surface area contributed by atoms with Gasteiger partial charge >= 0.3 is 0 Å². The molecular weight excluding hydrogens is 218 g/mol. The van der Waals surface area contributed by atoms with Gasteiger partial charge in [0.2, 0.25) is 0 Å². The number of aromatic nitrogens is 1. The first-order valence-electron chi connectivity index (χ1n) is 6.14. The largest absolute Gasteiger partial charge is 0.330 e. The lowest BCUT2D eigenvalue weighted by Gasteiger charge is -2.21. The van der Waals surface area contributed by atoms with Gasteiger partial charge in [-0.2, -0.15) is 0 Å². The fraction of sp³-hybridized carbons (Fsp3) is 0.750. The highest BCUT2D eigenvalue weighted by molar-refractivity contribution is 7.09. The minimum Gasteiger partial charge on any atom is -0.330 e. The molecular formula is C12H21N3S. The maximum absolute atomic E-state index is 5.65. The summed E-state index contributed by atoms with van der Waals surface area (Å²) in [4.78, 5) is 4.69. The van der Waals surface area contributed by atoms with Crippen molar-refractivity contribution in [3.63, 3.8) is 0 Å². The molecule has 0 saturated carbocycles. The zero-order valence-electron chi connectivity index (χ0n) is 9.91. The van der Waals surface area contributed by atoms with Crippen LogP contribution in [0.4, 0.5) is 0 Å². The van der Waals surface area contributed by atoms with E-state index in [1.807, 2.05) is 0 Å². The zero-order chi connectivity index (χ0) is 11.4. The Labute approximate surface area is 101 Å². The Hall–Kier alpha value is -0.450. The standard InChI is InChI=1S/C12H21N3S/c1-9(7-13)11-8-16-12(15-11)6-10-2-4-14-5-3-10/h8-10,14H,2-7,13H2,1H3. The van der Waals surface area contributed by atoms with Crippen molar-refractivity contribution in [3.05, 3.63) is 16.1 Å². The molecule has 3 nitrogen and oxygen atoms in total. The molecule has 1 saturated heterocycles. The highest BCUT2D eigenvalue weighted by Crippen LogP contribution is 2.23.